The number of methoxy groups -OCH3 is 2. The summed E-state index contributed by atoms with van der Waals surface area (Å²) in [4.78, 5) is 42.5. The maximum atomic E-state index is 13.5. The molecule has 1 unspecified atom stereocenters. The van der Waals surface area contributed by atoms with E-state index < -0.39 is 11.9 Å². The van der Waals surface area contributed by atoms with Crippen LogP contribution in [-0.2, 0) is 16.0 Å². The van der Waals surface area contributed by atoms with Gasteiger partial charge in [0, 0.05) is 12.1 Å². The molecule has 1 atom stereocenters. The first-order valence-corrected chi connectivity index (χ1v) is 11.0. The second-order valence-corrected chi connectivity index (χ2v) is 7.95. The zero-order chi connectivity index (χ0) is 24.1. The molecule has 1 aliphatic rings. The van der Waals surface area contributed by atoms with E-state index in [-0.39, 0.29) is 18.2 Å². The fourth-order valence-electron chi connectivity index (χ4n) is 4.05. The standard InChI is InChI=1S/C27H26N2O5/c1-33-22-12-8-20(9-13-22)26(31)28(17-16-19-6-4-3-5-7-19)24-18-25(30)29(27(24)32)21-10-14-23(34-2)15-11-21/h3-15,24H,16-18H2,1-2H3. The molecule has 7 heteroatoms. The summed E-state index contributed by atoms with van der Waals surface area (Å²) in [5.41, 5.74) is 1.93. The SMILES string of the molecule is COc1ccc(C(=O)N(CCc2ccccc2)C2CC(=O)N(c3ccc(OC)cc3)C2=O)cc1. The Morgan fingerprint density at radius 1 is 0.882 bits per heavy atom. The van der Waals surface area contributed by atoms with E-state index in [0.29, 0.717) is 35.7 Å². The van der Waals surface area contributed by atoms with Gasteiger partial charge in [-0.2, -0.15) is 0 Å². The van der Waals surface area contributed by atoms with Crippen molar-refractivity contribution in [2.24, 2.45) is 0 Å². The highest BCUT2D eigenvalue weighted by molar-refractivity contribution is 6.23. The van der Waals surface area contributed by atoms with Crippen LogP contribution in [-0.4, -0.2) is 49.4 Å². The predicted molar refractivity (Wildman–Crippen MR) is 128 cm³/mol. The Hall–Kier alpha value is -4.13. The number of anilines is 1. The van der Waals surface area contributed by atoms with Crippen molar-refractivity contribution in [2.45, 2.75) is 18.9 Å². The summed E-state index contributed by atoms with van der Waals surface area (Å²) >= 11 is 0. The number of amides is 3. The Labute approximate surface area is 198 Å². The van der Waals surface area contributed by atoms with Gasteiger partial charge in [0.2, 0.25) is 5.91 Å². The van der Waals surface area contributed by atoms with Gasteiger partial charge in [-0.05, 0) is 60.5 Å². The lowest BCUT2D eigenvalue weighted by atomic mass is 10.1. The normalized spacial score (nSPS) is 15.4. The van der Waals surface area contributed by atoms with Gasteiger partial charge in [-0.3, -0.25) is 14.4 Å². The molecule has 0 radical (unpaired) electrons. The molecule has 174 valence electrons. The van der Waals surface area contributed by atoms with Crippen LogP contribution in [0.15, 0.2) is 78.9 Å². The van der Waals surface area contributed by atoms with Gasteiger partial charge in [0.05, 0.1) is 26.3 Å². The third-order valence-corrected chi connectivity index (χ3v) is 5.91. The average Bonchev–Trinajstić information content (AvgIpc) is 3.18. The highest BCUT2D eigenvalue weighted by Gasteiger charge is 2.44. The van der Waals surface area contributed by atoms with Gasteiger partial charge in [-0.25, -0.2) is 4.90 Å². The van der Waals surface area contributed by atoms with E-state index in [1.807, 2.05) is 30.3 Å². The zero-order valence-electron chi connectivity index (χ0n) is 19.1. The van der Waals surface area contributed by atoms with E-state index in [0.717, 1.165) is 10.5 Å². The topological polar surface area (TPSA) is 76.2 Å². The van der Waals surface area contributed by atoms with E-state index in [9.17, 15) is 14.4 Å². The number of ether oxygens (including phenoxy) is 2. The molecule has 0 aliphatic carbocycles. The molecule has 0 spiro atoms. The molecule has 1 fully saturated rings. The summed E-state index contributed by atoms with van der Waals surface area (Å²) < 4.78 is 10.4. The minimum atomic E-state index is -0.882. The van der Waals surface area contributed by atoms with Crippen molar-refractivity contribution < 1.29 is 23.9 Å². The number of rotatable bonds is 8. The van der Waals surface area contributed by atoms with Crippen molar-refractivity contribution in [1.82, 2.24) is 4.90 Å². The van der Waals surface area contributed by atoms with Crippen LogP contribution in [0.1, 0.15) is 22.3 Å². The number of hydrogen-bond donors (Lipinski definition) is 0. The molecule has 3 amide bonds. The van der Waals surface area contributed by atoms with Crippen LogP contribution in [0.3, 0.4) is 0 Å². The van der Waals surface area contributed by atoms with E-state index in [1.165, 1.54) is 4.90 Å². The van der Waals surface area contributed by atoms with Gasteiger partial charge in [0.25, 0.3) is 11.8 Å². The van der Waals surface area contributed by atoms with Gasteiger partial charge < -0.3 is 14.4 Å². The first-order chi connectivity index (χ1) is 16.5. The number of nitrogens with zero attached hydrogens (tertiary/aromatic N) is 2. The van der Waals surface area contributed by atoms with Gasteiger partial charge in [0.1, 0.15) is 17.5 Å². The summed E-state index contributed by atoms with van der Waals surface area (Å²) in [6.07, 6.45) is 0.491. The summed E-state index contributed by atoms with van der Waals surface area (Å²) in [5.74, 6) is 0.197. The lowest BCUT2D eigenvalue weighted by Gasteiger charge is -2.28. The highest BCUT2D eigenvalue weighted by Crippen LogP contribution is 2.28. The number of carbonyl (C=O) groups excluding carboxylic acids is 3. The van der Waals surface area contributed by atoms with Gasteiger partial charge in [0.15, 0.2) is 0 Å². The molecule has 7 nitrogen and oxygen atoms in total. The van der Waals surface area contributed by atoms with Gasteiger partial charge in [-0.15, -0.1) is 0 Å². The lowest BCUT2D eigenvalue weighted by Crippen LogP contribution is -2.46. The fourth-order valence-corrected chi connectivity index (χ4v) is 4.05. The van der Waals surface area contributed by atoms with Crippen LogP contribution in [0.5, 0.6) is 11.5 Å². The molecule has 0 aromatic heterocycles. The van der Waals surface area contributed by atoms with Gasteiger partial charge >= 0.3 is 0 Å². The third-order valence-electron chi connectivity index (χ3n) is 5.91. The molecule has 1 aliphatic heterocycles. The minimum Gasteiger partial charge on any atom is -0.497 e. The first-order valence-electron chi connectivity index (χ1n) is 11.0. The smallest absolute Gasteiger partial charge is 0.257 e. The lowest BCUT2D eigenvalue weighted by molar-refractivity contribution is -0.122. The van der Waals surface area contributed by atoms with E-state index >= 15 is 0 Å². The van der Waals surface area contributed by atoms with E-state index in [4.69, 9.17) is 9.47 Å². The molecule has 34 heavy (non-hydrogen) atoms. The van der Waals surface area contributed by atoms with Crippen LogP contribution < -0.4 is 14.4 Å². The quantitative estimate of drug-likeness (QED) is 0.481. The highest BCUT2D eigenvalue weighted by atomic mass is 16.5. The Morgan fingerprint density at radius 3 is 2.06 bits per heavy atom. The van der Waals surface area contributed by atoms with Crippen molar-refractivity contribution in [3.63, 3.8) is 0 Å². The van der Waals surface area contributed by atoms with Crippen molar-refractivity contribution in [3.05, 3.63) is 90.0 Å². The molecular formula is C27H26N2O5. The number of benzene rings is 3. The van der Waals surface area contributed by atoms with Crippen molar-refractivity contribution >= 4 is 23.4 Å². The summed E-state index contributed by atoms with van der Waals surface area (Å²) in [5, 5.41) is 0. The largest absolute Gasteiger partial charge is 0.497 e. The predicted octanol–water partition coefficient (Wildman–Crippen LogP) is 3.72. The van der Waals surface area contributed by atoms with Crippen LogP contribution in [0, 0.1) is 0 Å². The van der Waals surface area contributed by atoms with Crippen LogP contribution in [0.2, 0.25) is 0 Å². The average molecular weight is 459 g/mol. The van der Waals surface area contributed by atoms with Crippen molar-refractivity contribution in [2.75, 3.05) is 25.7 Å². The molecule has 3 aromatic rings. The second-order valence-electron chi connectivity index (χ2n) is 7.95. The first kappa shape index (κ1) is 23.0. The number of hydrogen-bond acceptors (Lipinski definition) is 5. The molecule has 0 saturated carbocycles. The Kier molecular flexibility index (Phi) is 6.92. The maximum Gasteiger partial charge on any atom is 0.257 e. The Morgan fingerprint density at radius 2 is 1.47 bits per heavy atom. The molecule has 1 saturated heterocycles. The van der Waals surface area contributed by atoms with E-state index in [2.05, 4.69) is 0 Å². The molecular weight excluding hydrogens is 432 g/mol. The minimum absolute atomic E-state index is 0.0679. The Balaban J connectivity index is 1.62. The maximum absolute atomic E-state index is 13.5. The van der Waals surface area contributed by atoms with Gasteiger partial charge in [-0.1, -0.05) is 30.3 Å². The second kappa shape index (κ2) is 10.2. The zero-order valence-corrected chi connectivity index (χ0v) is 19.1. The van der Waals surface area contributed by atoms with Crippen molar-refractivity contribution in [3.8, 4) is 11.5 Å². The molecule has 1 heterocycles. The van der Waals surface area contributed by atoms with Crippen LogP contribution in [0.25, 0.3) is 0 Å². The summed E-state index contributed by atoms with van der Waals surface area (Å²) in [6, 6.07) is 22.3. The molecule has 0 bridgehead atoms. The Bertz CT molecular complexity index is 1160. The summed E-state index contributed by atoms with van der Waals surface area (Å²) in [6.45, 7) is 0.301. The monoisotopic (exact) mass is 458 g/mol. The van der Waals surface area contributed by atoms with Crippen LogP contribution >= 0.6 is 0 Å². The molecule has 4 rings (SSSR count). The number of carbonyl (C=O) groups is 3. The van der Waals surface area contributed by atoms with Crippen molar-refractivity contribution in [1.29, 1.82) is 0 Å². The van der Waals surface area contributed by atoms with E-state index in [1.54, 1.807) is 62.8 Å². The molecule has 0 N–H and O–H groups in total. The third kappa shape index (κ3) is 4.78. The number of imide groups is 1. The van der Waals surface area contributed by atoms with Crippen LogP contribution in [0.4, 0.5) is 5.69 Å². The molecule has 3 aromatic carbocycles. The fraction of sp³-hybridized carbons (Fsp3) is 0.222. The summed E-state index contributed by atoms with van der Waals surface area (Å²) in [7, 11) is 3.10.